The van der Waals surface area contributed by atoms with E-state index in [1.165, 1.54) is 9.13 Å². The number of hydrogen-bond acceptors (Lipinski definition) is 4. The Balaban J connectivity index is 2.03. The van der Waals surface area contributed by atoms with Gasteiger partial charge in [0.05, 0.1) is 25.4 Å². The van der Waals surface area contributed by atoms with Gasteiger partial charge in [-0.1, -0.05) is 0 Å². The van der Waals surface area contributed by atoms with Crippen molar-refractivity contribution in [2.45, 2.75) is 45.3 Å². The highest BCUT2D eigenvalue weighted by atomic mass is 16.5. The van der Waals surface area contributed by atoms with E-state index < -0.39 is 5.60 Å². The summed E-state index contributed by atoms with van der Waals surface area (Å²) in [6.45, 7) is 4.20. The van der Waals surface area contributed by atoms with E-state index in [1.54, 1.807) is 20.9 Å². The van der Waals surface area contributed by atoms with Crippen LogP contribution in [0.5, 0.6) is 0 Å². The molecule has 1 aliphatic rings. The molecule has 0 saturated heterocycles. The van der Waals surface area contributed by atoms with Gasteiger partial charge in [-0.25, -0.2) is 4.79 Å². The molecule has 1 saturated carbocycles. The van der Waals surface area contributed by atoms with Crippen molar-refractivity contribution < 1.29 is 9.84 Å². The molecule has 20 heavy (non-hydrogen) atoms. The molecule has 0 unspecified atom stereocenters. The molecule has 0 amide bonds. The third-order valence-corrected chi connectivity index (χ3v) is 4.24. The molecule has 1 aromatic rings. The molecule has 1 aliphatic carbocycles. The lowest BCUT2D eigenvalue weighted by Gasteiger charge is -2.36. The predicted molar refractivity (Wildman–Crippen MR) is 75.0 cm³/mol. The topological polar surface area (TPSA) is 73.5 Å². The summed E-state index contributed by atoms with van der Waals surface area (Å²) < 4.78 is 8.06. The molecular formula is C14H22N2O4. The fourth-order valence-electron chi connectivity index (χ4n) is 2.36. The summed E-state index contributed by atoms with van der Waals surface area (Å²) in [4.78, 5) is 24.1. The summed E-state index contributed by atoms with van der Waals surface area (Å²) in [5.74, 6) is 0. The van der Waals surface area contributed by atoms with Crippen molar-refractivity contribution in [1.82, 2.24) is 9.13 Å². The molecule has 6 heteroatoms. The summed E-state index contributed by atoms with van der Waals surface area (Å²) in [6, 6.07) is 0. The van der Waals surface area contributed by atoms with E-state index in [-0.39, 0.29) is 31.0 Å². The summed E-state index contributed by atoms with van der Waals surface area (Å²) in [6.07, 6.45) is 2.55. The molecule has 0 bridgehead atoms. The second-order valence-electron chi connectivity index (χ2n) is 5.64. The Labute approximate surface area is 117 Å². The van der Waals surface area contributed by atoms with Crippen LogP contribution in [0.15, 0.2) is 9.59 Å². The molecule has 112 valence electrons. The number of aromatic nitrogens is 2. The Hall–Kier alpha value is -1.40. The average molecular weight is 282 g/mol. The standard InChI is InChI=1S/C14H22N2O4/c1-10-11(2)15(3)13(18)16(12(10)17)7-8-20-9-14(19)5-4-6-14/h19H,4-9H2,1-3H3. The Bertz CT molecular complexity index is 574. The van der Waals surface area contributed by atoms with E-state index in [4.69, 9.17) is 4.74 Å². The van der Waals surface area contributed by atoms with E-state index in [9.17, 15) is 14.7 Å². The zero-order chi connectivity index (χ0) is 14.9. The maximum Gasteiger partial charge on any atom is 0.330 e. The van der Waals surface area contributed by atoms with E-state index in [0.29, 0.717) is 11.3 Å². The van der Waals surface area contributed by atoms with Crippen LogP contribution in [-0.4, -0.2) is 33.1 Å². The van der Waals surface area contributed by atoms with Crippen molar-refractivity contribution in [3.05, 3.63) is 32.1 Å². The van der Waals surface area contributed by atoms with Crippen LogP contribution in [0, 0.1) is 13.8 Å². The molecule has 0 radical (unpaired) electrons. The third kappa shape index (κ3) is 2.71. The molecule has 0 aliphatic heterocycles. The minimum absolute atomic E-state index is 0.211. The SMILES string of the molecule is Cc1c(C)n(C)c(=O)n(CCOCC2(O)CCC2)c1=O. The Kier molecular flexibility index (Phi) is 4.15. The van der Waals surface area contributed by atoms with Gasteiger partial charge in [-0.3, -0.25) is 9.36 Å². The first-order valence-corrected chi connectivity index (χ1v) is 6.93. The molecular weight excluding hydrogens is 260 g/mol. The van der Waals surface area contributed by atoms with Crippen molar-refractivity contribution in [3.8, 4) is 0 Å². The van der Waals surface area contributed by atoms with Crippen LogP contribution in [0.3, 0.4) is 0 Å². The Morgan fingerprint density at radius 1 is 1.30 bits per heavy atom. The first kappa shape index (κ1) is 15.0. The molecule has 6 nitrogen and oxygen atoms in total. The molecule has 1 N–H and O–H groups in total. The smallest absolute Gasteiger partial charge is 0.330 e. The lowest BCUT2D eigenvalue weighted by molar-refractivity contribution is -0.0967. The first-order chi connectivity index (χ1) is 9.36. The van der Waals surface area contributed by atoms with Crippen LogP contribution in [0.25, 0.3) is 0 Å². The third-order valence-electron chi connectivity index (χ3n) is 4.24. The highest BCUT2D eigenvalue weighted by Gasteiger charge is 2.34. The number of nitrogens with zero attached hydrogens (tertiary/aromatic N) is 2. The highest BCUT2D eigenvalue weighted by Crippen LogP contribution is 2.31. The van der Waals surface area contributed by atoms with E-state index in [2.05, 4.69) is 0 Å². The number of ether oxygens (including phenoxy) is 1. The van der Waals surface area contributed by atoms with E-state index >= 15 is 0 Å². The minimum Gasteiger partial charge on any atom is -0.387 e. The molecule has 0 atom stereocenters. The van der Waals surface area contributed by atoms with Gasteiger partial charge in [0, 0.05) is 18.3 Å². The number of aliphatic hydroxyl groups is 1. The van der Waals surface area contributed by atoms with Crippen molar-refractivity contribution in [1.29, 1.82) is 0 Å². The second-order valence-corrected chi connectivity index (χ2v) is 5.64. The van der Waals surface area contributed by atoms with Crippen molar-refractivity contribution in [2.75, 3.05) is 13.2 Å². The van der Waals surface area contributed by atoms with Gasteiger partial charge in [0.25, 0.3) is 5.56 Å². The quantitative estimate of drug-likeness (QED) is 0.777. The molecule has 1 heterocycles. The van der Waals surface area contributed by atoms with Gasteiger partial charge < -0.3 is 14.4 Å². The highest BCUT2D eigenvalue weighted by molar-refractivity contribution is 5.14. The Morgan fingerprint density at radius 3 is 2.50 bits per heavy atom. The summed E-state index contributed by atoms with van der Waals surface area (Å²) in [7, 11) is 1.65. The monoisotopic (exact) mass is 282 g/mol. The molecule has 1 aromatic heterocycles. The molecule has 2 rings (SSSR count). The summed E-state index contributed by atoms with van der Waals surface area (Å²) in [5, 5.41) is 9.88. The molecule has 0 aromatic carbocycles. The van der Waals surface area contributed by atoms with Gasteiger partial charge in [0.15, 0.2) is 0 Å². The fourth-order valence-corrected chi connectivity index (χ4v) is 2.36. The second kappa shape index (κ2) is 5.54. The minimum atomic E-state index is -0.695. The molecule has 1 fully saturated rings. The first-order valence-electron chi connectivity index (χ1n) is 6.93. The van der Waals surface area contributed by atoms with Crippen LogP contribution < -0.4 is 11.2 Å². The van der Waals surface area contributed by atoms with Gasteiger partial charge in [-0.15, -0.1) is 0 Å². The van der Waals surface area contributed by atoms with Crippen LogP contribution in [-0.2, 0) is 18.3 Å². The number of hydrogen-bond donors (Lipinski definition) is 1. The van der Waals surface area contributed by atoms with E-state index in [1.807, 2.05) is 0 Å². The normalized spacial score (nSPS) is 17.0. The van der Waals surface area contributed by atoms with Crippen LogP contribution in [0.2, 0.25) is 0 Å². The largest absolute Gasteiger partial charge is 0.387 e. The maximum atomic E-state index is 12.1. The zero-order valence-corrected chi connectivity index (χ0v) is 12.3. The zero-order valence-electron chi connectivity index (χ0n) is 12.3. The van der Waals surface area contributed by atoms with E-state index in [0.717, 1.165) is 19.3 Å². The van der Waals surface area contributed by atoms with Gasteiger partial charge >= 0.3 is 5.69 Å². The fraction of sp³-hybridized carbons (Fsp3) is 0.714. The number of rotatable bonds is 5. The Morgan fingerprint density at radius 2 is 1.95 bits per heavy atom. The van der Waals surface area contributed by atoms with Crippen LogP contribution in [0.1, 0.15) is 30.5 Å². The predicted octanol–water partition coefficient (Wildman–Crippen LogP) is 0.0954. The maximum absolute atomic E-state index is 12.1. The van der Waals surface area contributed by atoms with Crippen molar-refractivity contribution >= 4 is 0 Å². The molecule has 0 spiro atoms. The lowest BCUT2D eigenvalue weighted by Crippen LogP contribution is -2.44. The van der Waals surface area contributed by atoms with Crippen molar-refractivity contribution in [2.24, 2.45) is 7.05 Å². The van der Waals surface area contributed by atoms with Gasteiger partial charge in [0.1, 0.15) is 0 Å². The average Bonchev–Trinajstić information content (AvgIpc) is 2.40. The van der Waals surface area contributed by atoms with Gasteiger partial charge in [-0.05, 0) is 33.1 Å². The van der Waals surface area contributed by atoms with Crippen molar-refractivity contribution in [3.63, 3.8) is 0 Å². The van der Waals surface area contributed by atoms with Gasteiger partial charge in [0.2, 0.25) is 0 Å². The van der Waals surface area contributed by atoms with Crippen LogP contribution in [0.4, 0.5) is 0 Å². The summed E-state index contributed by atoms with van der Waals surface area (Å²) in [5.41, 5.74) is -0.0367. The summed E-state index contributed by atoms with van der Waals surface area (Å²) >= 11 is 0. The van der Waals surface area contributed by atoms with Gasteiger partial charge in [-0.2, -0.15) is 0 Å². The lowest BCUT2D eigenvalue weighted by atomic mass is 9.81. The van der Waals surface area contributed by atoms with Crippen LogP contribution >= 0.6 is 0 Å².